The summed E-state index contributed by atoms with van der Waals surface area (Å²) in [7, 11) is 3.12. The maximum absolute atomic E-state index is 14.0. The molecule has 2 aromatic rings. The molecule has 0 amide bonds. The molecule has 1 aromatic carbocycles. The first-order chi connectivity index (χ1) is 12.3. The van der Waals surface area contributed by atoms with Crippen LogP contribution < -0.4 is 10.2 Å². The number of aromatic nitrogens is 2. The van der Waals surface area contributed by atoms with Gasteiger partial charge in [0.25, 0.3) is 0 Å². The number of benzene rings is 1. The van der Waals surface area contributed by atoms with Crippen LogP contribution in [0.2, 0.25) is 0 Å². The molecule has 1 unspecified atom stereocenters. The lowest BCUT2D eigenvalue weighted by Gasteiger charge is -2.37. The van der Waals surface area contributed by atoms with Gasteiger partial charge in [-0.15, -0.1) is 0 Å². The fourth-order valence-electron chi connectivity index (χ4n) is 2.99. The summed E-state index contributed by atoms with van der Waals surface area (Å²) in [6.45, 7) is 3.45. The van der Waals surface area contributed by atoms with Crippen molar-refractivity contribution in [3.8, 4) is 0 Å². The minimum atomic E-state index is -0.491. The van der Waals surface area contributed by atoms with Gasteiger partial charge in [0.05, 0.1) is 30.6 Å². The van der Waals surface area contributed by atoms with Gasteiger partial charge in [0.1, 0.15) is 5.82 Å². The van der Waals surface area contributed by atoms with E-state index in [0.29, 0.717) is 27.6 Å². The number of esters is 1. The van der Waals surface area contributed by atoms with Crippen molar-refractivity contribution < 1.29 is 13.9 Å². The number of ether oxygens (including phenoxy) is 1. The molecule has 0 fully saturated rings. The zero-order chi connectivity index (χ0) is 19.0. The number of nitrogens with zero attached hydrogens (tertiary/aromatic N) is 3. The third-order valence-corrected chi connectivity index (χ3v) is 4.66. The van der Waals surface area contributed by atoms with E-state index in [1.165, 1.54) is 13.2 Å². The maximum atomic E-state index is 14.0. The Balaban J connectivity index is 2.14. The van der Waals surface area contributed by atoms with E-state index in [1.54, 1.807) is 55.0 Å². The summed E-state index contributed by atoms with van der Waals surface area (Å²) in [5.41, 5.74) is 2.83. The highest BCUT2D eigenvalue weighted by molar-refractivity contribution is 7.80. The molecule has 0 spiro atoms. The van der Waals surface area contributed by atoms with E-state index in [2.05, 4.69) is 10.4 Å². The number of nitrogens with one attached hydrogen (secondary N) is 1. The molecule has 8 heteroatoms. The van der Waals surface area contributed by atoms with Crippen LogP contribution in [0.5, 0.6) is 0 Å². The molecular formula is C18H19FN4O2S. The molecule has 0 aliphatic carbocycles. The van der Waals surface area contributed by atoms with E-state index in [1.807, 2.05) is 0 Å². The van der Waals surface area contributed by atoms with Gasteiger partial charge >= 0.3 is 5.97 Å². The highest BCUT2D eigenvalue weighted by Gasteiger charge is 2.35. The number of allylic oxidation sites excluding steroid dienone is 1. The Morgan fingerprint density at radius 1 is 1.38 bits per heavy atom. The number of hydrogen-bond acceptors (Lipinski definition) is 4. The van der Waals surface area contributed by atoms with E-state index < -0.39 is 12.0 Å². The summed E-state index contributed by atoms with van der Waals surface area (Å²) in [5, 5.41) is 7.67. The van der Waals surface area contributed by atoms with Crippen LogP contribution in [0.1, 0.15) is 24.1 Å². The Morgan fingerprint density at radius 3 is 2.69 bits per heavy atom. The van der Waals surface area contributed by atoms with Crippen molar-refractivity contribution >= 4 is 29.0 Å². The van der Waals surface area contributed by atoms with Gasteiger partial charge < -0.3 is 10.1 Å². The second kappa shape index (κ2) is 6.87. The van der Waals surface area contributed by atoms with Crippen molar-refractivity contribution in [2.45, 2.75) is 19.9 Å². The Labute approximate surface area is 156 Å². The molecule has 0 saturated carbocycles. The highest BCUT2D eigenvalue weighted by atomic mass is 32.1. The predicted molar refractivity (Wildman–Crippen MR) is 100 cm³/mol. The normalized spacial score (nSPS) is 17.3. The number of carbonyl (C=O) groups excluding carboxylic acids is 1. The molecule has 0 bridgehead atoms. The number of rotatable bonds is 3. The molecule has 1 aromatic heterocycles. The van der Waals surface area contributed by atoms with Crippen molar-refractivity contribution in [2.75, 3.05) is 12.0 Å². The molecule has 136 valence electrons. The first kappa shape index (κ1) is 18.1. The second-order valence-corrected chi connectivity index (χ2v) is 6.48. The van der Waals surface area contributed by atoms with Crippen LogP contribution in [0, 0.1) is 12.7 Å². The average Bonchev–Trinajstić information content (AvgIpc) is 3.03. The van der Waals surface area contributed by atoms with Crippen molar-refractivity contribution in [3.63, 3.8) is 0 Å². The number of aryl methyl sites for hydroxylation is 2. The van der Waals surface area contributed by atoms with Crippen LogP contribution in [0.25, 0.3) is 0 Å². The topological polar surface area (TPSA) is 59.4 Å². The summed E-state index contributed by atoms with van der Waals surface area (Å²) in [6.07, 6.45) is 3.47. The fourth-order valence-corrected chi connectivity index (χ4v) is 3.35. The first-order valence-electron chi connectivity index (χ1n) is 7.98. The lowest BCUT2D eigenvalue weighted by Crippen LogP contribution is -2.48. The van der Waals surface area contributed by atoms with E-state index in [9.17, 15) is 9.18 Å². The number of hydrogen-bond donors (Lipinski definition) is 1. The minimum absolute atomic E-state index is 0.341. The van der Waals surface area contributed by atoms with E-state index in [0.717, 1.165) is 5.56 Å². The van der Waals surface area contributed by atoms with Crippen molar-refractivity contribution in [1.82, 2.24) is 15.1 Å². The molecule has 2 heterocycles. The van der Waals surface area contributed by atoms with Crippen LogP contribution in [-0.4, -0.2) is 28.0 Å². The minimum Gasteiger partial charge on any atom is -0.466 e. The van der Waals surface area contributed by atoms with Gasteiger partial charge in [-0.1, -0.05) is 6.07 Å². The average molecular weight is 374 g/mol. The number of anilines is 1. The molecule has 6 nitrogen and oxygen atoms in total. The summed E-state index contributed by atoms with van der Waals surface area (Å²) >= 11 is 5.50. The standard InChI is InChI=1S/C18H19FN4O2S/c1-10-5-6-13(7-14(10)19)23-11(2)15(17(24)25-4)16(21-18(23)26)12-8-20-22(3)9-12/h5-9,16H,1-4H3,(H,21,26). The number of methoxy groups -OCH3 is 1. The third kappa shape index (κ3) is 3.08. The van der Waals surface area contributed by atoms with Gasteiger partial charge in [0.15, 0.2) is 5.11 Å². The maximum Gasteiger partial charge on any atom is 0.337 e. The fraction of sp³-hybridized carbons (Fsp3) is 0.278. The van der Waals surface area contributed by atoms with E-state index >= 15 is 0 Å². The van der Waals surface area contributed by atoms with Gasteiger partial charge in [-0.25, -0.2) is 9.18 Å². The van der Waals surface area contributed by atoms with E-state index in [4.69, 9.17) is 17.0 Å². The van der Waals surface area contributed by atoms with Gasteiger partial charge in [-0.3, -0.25) is 9.58 Å². The monoisotopic (exact) mass is 374 g/mol. The third-order valence-electron chi connectivity index (χ3n) is 4.36. The molecule has 1 aliphatic rings. The predicted octanol–water partition coefficient (Wildman–Crippen LogP) is 2.75. The first-order valence-corrected chi connectivity index (χ1v) is 8.38. The van der Waals surface area contributed by atoms with Crippen LogP contribution in [-0.2, 0) is 16.6 Å². The molecule has 0 radical (unpaired) electrons. The molecule has 3 rings (SSSR count). The summed E-state index contributed by atoms with van der Waals surface area (Å²) < 4.78 is 20.7. The van der Waals surface area contributed by atoms with Crippen molar-refractivity contribution in [3.05, 3.63) is 58.8 Å². The van der Waals surface area contributed by atoms with E-state index in [-0.39, 0.29) is 5.82 Å². The number of carbonyl (C=O) groups is 1. The molecule has 1 atom stereocenters. The van der Waals surface area contributed by atoms with Crippen LogP contribution in [0.15, 0.2) is 41.9 Å². The molecular weight excluding hydrogens is 355 g/mol. The summed E-state index contributed by atoms with van der Waals surface area (Å²) in [5.74, 6) is -0.823. The highest BCUT2D eigenvalue weighted by Crippen LogP contribution is 2.34. The molecule has 0 saturated heterocycles. The Morgan fingerprint density at radius 2 is 2.12 bits per heavy atom. The Hall–Kier alpha value is -2.74. The zero-order valence-electron chi connectivity index (χ0n) is 14.9. The van der Waals surface area contributed by atoms with Crippen LogP contribution in [0.3, 0.4) is 0 Å². The Bertz CT molecular complexity index is 922. The Kier molecular flexibility index (Phi) is 4.78. The second-order valence-electron chi connectivity index (χ2n) is 6.09. The van der Waals surface area contributed by atoms with Gasteiger partial charge in [-0.05, 0) is 43.8 Å². The quantitative estimate of drug-likeness (QED) is 0.659. The SMILES string of the molecule is COC(=O)C1=C(C)N(c2ccc(C)c(F)c2)C(=S)NC1c1cnn(C)c1. The van der Waals surface area contributed by atoms with Crippen LogP contribution >= 0.6 is 12.2 Å². The lowest BCUT2D eigenvalue weighted by atomic mass is 9.97. The summed E-state index contributed by atoms with van der Waals surface area (Å²) in [4.78, 5) is 14.1. The number of thiocarbonyl (C=S) groups is 1. The van der Waals surface area contributed by atoms with Gasteiger partial charge in [0, 0.05) is 24.5 Å². The van der Waals surface area contributed by atoms with Gasteiger partial charge in [0.2, 0.25) is 0 Å². The van der Waals surface area contributed by atoms with Crippen molar-refractivity contribution in [1.29, 1.82) is 0 Å². The number of halogens is 1. The molecule has 1 N–H and O–H groups in total. The summed E-state index contributed by atoms with van der Waals surface area (Å²) in [6, 6.07) is 4.34. The largest absolute Gasteiger partial charge is 0.466 e. The molecule has 26 heavy (non-hydrogen) atoms. The molecule has 1 aliphatic heterocycles. The lowest BCUT2D eigenvalue weighted by molar-refractivity contribution is -0.136. The zero-order valence-corrected chi connectivity index (χ0v) is 15.7. The van der Waals surface area contributed by atoms with Crippen LogP contribution in [0.4, 0.5) is 10.1 Å². The smallest absolute Gasteiger partial charge is 0.337 e. The van der Waals surface area contributed by atoms with Gasteiger partial charge in [-0.2, -0.15) is 5.10 Å². The van der Waals surface area contributed by atoms with Crippen molar-refractivity contribution in [2.24, 2.45) is 7.05 Å².